The van der Waals surface area contributed by atoms with Crippen molar-refractivity contribution >= 4 is 29.1 Å². The fraction of sp³-hybridized carbons (Fsp3) is 0.500. The van der Waals surface area contributed by atoms with Crippen molar-refractivity contribution in [2.75, 3.05) is 11.9 Å². The highest BCUT2D eigenvalue weighted by Gasteiger charge is 2.40. The SMILES string of the molecule is O=C1CCCC1C1CCCN1C(=O)Nc1ccccc1Cl. The number of Topliss-reactive ketones (excluding diaryl/α,β-unsaturated/α-hetero) is 1. The number of halogens is 1. The molecule has 5 heteroatoms. The van der Waals surface area contributed by atoms with Crippen molar-refractivity contribution in [3.63, 3.8) is 0 Å². The number of benzene rings is 1. The van der Waals surface area contributed by atoms with Gasteiger partial charge < -0.3 is 10.2 Å². The first kappa shape index (κ1) is 14.4. The zero-order valence-electron chi connectivity index (χ0n) is 11.8. The number of hydrogen-bond acceptors (Lipinski definition) is 2. The van der Waals surface area contributed by atoms with Crippen LogP contribution >= 0.6 is 11.6 Å². The Bertz CT molecular complexity index is 561. The highest BCUT2D eigenvalue weighted by Crippen LogP contribution is 2.33. The molecular formula is C16H19ClN2O2. The van der Waals surface area contributed by atoms with Gasteiger partial charge in [0.2, 0.25) is 0 Å². The minimum atomic E-state index is -0.148. The third-order valence-electron chi connectivity index (χ3n) is 4.49. The normalized spacial score (nSPS) is 25.4. The van der Waals surface area contributed by atoms with Crippen LogP contribution in [0.15, 0.2) is 24.3 Å². The van der Waals surface area contributed by atoms with Gasteiger partial charge in [-0.25, -0.2) is 4.79 Å². The summed E-state index contributed by atoms with van der Waals surface area (Å²) in [6, 6.07) is 7.11. The highest BCUT2D eigenvalue weighted by atomic mass is 35.5. The average molecular weight is 307 g/mol. The van der Waals surface area contributed by atoms with Crippen LogP contribution in [0.2, 0.25) is 5.02 Å². The second-order valence-electron chi connectivity index (χ2n) is 5.78. The van der Waals surface area contributed by atoms with Crippen LogP contribution in [0, 0.1) is 5.92 Å². The number of urea groups is 1. The van der Waals surface area contributed by atoms with Gasteiger partial charge in [-0.15, -0.1) is 0 Å². The Morgan fingerprint density at radius 3 is 2.76 bits per heavy atom. The summed E-state index contributed by atoms with van der Waals surface area (Å²) in [5, 5.41) is 3.39. The minimum Gasteiger partial charge on any atom is -0.321 e. The van der Waals surface area contributed by atoms with E-state index in [-0.39, 0.29) is 18.0 Å². The number of ketones is 1. The van der Waals surface area contributed by atoms with Crippen LogP contribution in [-0.2, 0) is 4.79 Å². The lowest BCUT2D eigenvalue weighted by molar-refractivity contribution is -0.121. The quantitative estimate of drug-likeness (QED) is 0.905. The van der Waals surface area contributed by atoms with Crippen molar-refractivity contribution in [1.29, 1.82) is 0 Å². The molecule has 1 aliphatic heterocycles. The lowest BCUT2D eigenvalue weighted by atomic mass is 9.95. The summed E-state index contributed by atoms with van der Waals surface area (Å²) in [6.07, 6.45) is 4.43. The Labute approximate surface area is 129 Å². The molecule has 0 spiro atoms. The summed E-state index contributed by atoms with van der Waals surface area (Å²) in [6.45, 7) is 0.713. The van der Waals surface area contributed by atoms with Crippen LogP contribution in [0.25, 0.3) is 0 Å². The molecule has 2 amide bonds. The zero-order valence-corrected chi connectivity index (χ0v) is 12.6. The summed E-state index contributed by atoms with van der Waals surface area (Å²) in [5.74, 6) is 0.349. The van der Waals surface area contributed by atoms with E-state index < -0.39 is 0 Å². The summed E-state index contributed by atoms with van der Waals surface area (Å²) < 4.78 is 0. The molecule has 2 fully saturated rings. The van der Waals surface area contributed by atoms with Crippen LogP contribution in [0.1, 0.15) is 32.1 Å². The van der Waals surface area contributed by atoms with Gasteiger partial charge in [0.15, 0.2) is 0 Å². The molecule has 0 bridgehead atoms. The van der Waals surface area contributed by atoms with Crippen LogP contribution in [0.3, 0.4) is 0 Å². The number of nitrogens with one attached hydrogen (secondary N) is 1. The molecule has 0 radical (unpaired) electrons. The second-order valence-corrected chi connectivity index (χ2v) is 6.19. The maximum atomic E-state index is 12.5. The molecule has 1 heterocycles. The Kier molecular flexibility index (Phi) is 4.15. The number of rotatable bonds is 2. The van der Waals surface area contributed by atoms with Crippen molar-refractivity contribution in [2.45, 2.75) is 38.1 Å². The average Bonchev–Trinajstić information content (AvgIpc) is 3.09. The highest BCUT2D eigenvalue weighted by molar-refractivity contribution is 6.33. The van der Waals surface area contributed by atoms with Gasteiger partial charge in [0.1, 0.15) is 5.78 Å². The molecule has 1 N–H and O–H groups in total. The largest absolute Gasteiger partial charge is 0.322 e. The van der Waals surface area contributed by atoms with E-state index in [0.29, 0.717) is 29.5 Å². The Hall–Kier alpha value is -1.55. The predicted octanol–water partition coefficient (Wildman–Crippen LogP) is 3.71. The first-order valence-corrected chi connectivity index (χ1v) is 7.89. The molecular weight excluding hydrogens is 288 g/mol. The van der Waals surface area contributed by atoms with Crippen LogP contribution in [0.5, 0.6) is 0 Å². The maximum Gasteiger partial charge on any atom is 0.322 e. The van der Waals surface area contributed by atoms with E-state index >= 15 is 0 Å². The van der Waals surface area contributed by atoms with E-state index in [0.717, 1.165) is 25.7 Å². The third-order valence-corrected chi connectivity index (χ3v) is 4.82. The molecule has 1 aliphatic carbocycles. The maximum absolute atomic E-state index is 12.5. The number of hydrogen-bond donors (Lipinski definition) is 1. The number of nitrogens with zero attached hydrogens (tertiary/aromatic N) is 1. The first-order chi connectivity index (χ1) is 10.2. The number of amides is 2. The van der Waals surface area contributed by atoms with Crippen molar-refractivity contribution < 1.29 is 9.59 Å². The van der Waals surface area contributed by atoms with E-state index in [4.69, 9.17) is 11.6 Å². The Balaban J connectivity index is 1.71. The molecule has 1 aromatic rings. The van der Waals surface area contributed by atoms with E-state index in [2.05, 4.69) is 5.32 Å². The molecule has 4 nitrogen and oxygen atoms in total. The van der Waals surface area contributed by atoms with Gasteiger partial charge in [-0.3, -0.25) is 4.79 Å². The summed E-state index contributed by atoms with van der Waals surface area (Å²) in [7, 11) is 0. The van der Waals surface area contributed by atoms with Gasteiger partial charge in [0.05, 0.1) is 10.7 Å². The number of anilines is 1. The van der Waals surface area contributed by atoms with Gasteiger partial charge in [0.25, 0.3) is 0 Å². The monoisotopic (exact) mass is 306 g/mol. The summed E-state index contributed by atoms with van der Waals surface area (Å²) in [4.78, 5) is 26.3. The molecule has 2 aliphatic rings. The molecule has 1 saturated heterocycles. The molecule has 2 atom stereocenters. The fourth-order valence-electron chi connectivity index (χ4n) is 3.46. The number of likely N-dealkylation sites (tertiary alicyclic amines) is 1. The molecule has 1 saturated carbocycles. The third kappa shape index (κ3) is 2.91. The zero-order chi connectivity index (χ0) is 14.8. The number of para-hydroxylation sites is 1. The number of carbonyl (C=O) groups is 2. The predicted molar refractivity (Wildman–Crippen MR) is 82.5 cm³/mol. The number of carbonyl (C=O) groups excluding carboxylic acids is 2. The van der Waals surface area contributed by atoms with Gasteiger partial charge in [-0.05, 0) is 37.8 Å². The van der Waals surface area contributed by atoms with E-state index in [9.17, 15) is 9.59 Å². The molecule has 2 unspecified atom stereocenters. The van der Waals surface area contributed by atoms with Gasteiger partial charge in [-0.1, -0.05) is 23.7 Å². The van der Waals surface area contributed by atoms with E-state index in [1.54, 1.807) is 12.1 Å². The van der Waals surface area contributed by atoms with Crippen molar-refractivity contribution in [2.24, 2.45) is 5.92 Å². The first-order valence-electron chi connectivity index (χ1n) is 7.51. The van der Waals surface area contributed by atoms with Gasteiger partial charge >= 0.3 is 6.03 Å². The summed E-state index contributed by atoms with van der Waals surface area (Å²) in [5.41, 5.74) is 0.618. The molecule has 0 aromatic heterocycles. The Morgan fingerprint density at radius 1 is 1.24 bits per heavy atom. The second kappa shape index (κ2) is 6.06. The smallest absolute Gasteiger partial charge is 0.321 e. The molecule has 3 rings (SSSR count). The van der Waals surface area contributed by atoms with Crippen LogP contribution in [-0.4, -0.2) is 29.3 Å². The minimum absolute atomic E-state index is 0.0319. The van der Waals surface area contributed by atoms with Gasteiger partial charge in [0, 0.05) is 24.9 Å². The lowest BCUT2D eigenvalue weighted by Crippen LogP contribution is -2.43. The lowest BCUT2D eigenvalue weighted by Gasteiger charge is -2.28. The molecule has 112 valence electrons. The van der Waals surface area contributed by atoms with E-state index in [1.165, 1.54) is 0 Å². The summed E-state index contributed by atoms with van der Waals surface area (Å²) >= 11 is 6.07. The molecule has 1 aromatic carbocycles. The van der Waals surface area contributed by atoms with Crippen molar-refractivity contribution in [3.8, 4) is 0 Å². The fourth-order valence-corrected chi connectivity index (χ4v) is 3.65. The van der Waals surface area contributed by atoms with E-state index in [1.807, 2.05) is 17.0 Å². The topological polar surface area (TPSA) is 49.4 Å². The Morgan fingerprint density at radius 2 is 2.05 bits per heavy atom. The van der Waals surface area contributed by atoms with Crippen molar-refractivity contribution in [1.82, 2.24) is 4.90 Å². The van der Waals surface area contributed by atoms with Gasteiger partial charge in [-0.2, -0.15) is 0 Å². The van der Waals surface area contributed by atoms with Crippen LogP contribution < -0.4 is 5.32 Å². The molecule has 21 heavy (non-hydrogen) atoms. The van der Waals surface area contributed by atoms with Crippen LogP contribution in [0.4, 0.5) is 10.5 Å². The van der Waals surface area contributed by atoms with Crippen molar-refractivity contribution in [3.05, 3.63) is 29.3 Å². The standard InChI is InChI=1S/C16H19ClN2O2/c17-12-6-1-2-7-13(12)18-16(21)19-10-4-8-14(19)11-5-3-9-15(11)20/h1-2,6-7,11,14H,3-5,8-10H2,(H,18,21).